The zero-order chi connectivity index (χ0) is 18.6. The fourth-order valence-electron chi connectivity index (χ4n) is 2.66. The van der Waals surface area contributed by atoms with Crippen LogP contribution in [0.3, 0.4) is 0 Å². The summed E-state index contributed by atoms with van der Waals surface area (Å²) in [5, 5.41) is 11.2. The molecule has 0 radical (unpaired) electrons. The number of benzene rings is 2. The lowest BCUT2D eigenvalue weighted by Gasteiger charge is -2.08. The highest BCUT2D eigenvalue weighted by Crippen LogP contribution is 2.25. The van der Waals surface area contributed by atoms with Gasteiger partial charge in [-0.3, -0.25) is 4.98 Å². The second kappa shape index (κ2) is 7.98. The Morgan fingerprint density at radius 1 is 1.04 bits per heavy atom. The number of pyridine rings is 1. The molecule has 0 aliphatic heterocycles. The molecule has 0 N–H and O–H groups in total. The largest absolute Gasteiger partial charge is 0.483 e. The van der Waals surface area contributed by atoms with Gasteiger partial charge in [0.25, 0.3) is 0 Å². The average Bonchev–Trinajstić information content (AvgIpc) is 3.05. The Labute approximate surface area is 166 Å². The Morgan fingerprint density at radius 2 is 1.85 bits per heavy atom. The van der Waals surface area contributed by atoms with Crippen LogP contribution in [0.4, 0.5) is 0 Å². The summed E-state index contributed by atoms with van der Waals surface area (Å²) in [6.45, 7) is 0.334. The van der Waals surface area contributed by atoms with Crippen LogP contribution >= 0.6 is 23.4 Å². The predicted molar refractivity (Wildman–Crippen MR) is 108 cm³/mol. The first-order valence-electron chi connectivity index (χ1n) is 8.43. The molecule has 0 aliphatic rings. The fraction of sp³-hybridized carbons (Fsp3) is 0.150. The molecule has 2 heterocycles. The zero-order valence-electron chi connectivity index (χ0n) is 14.7. The molecule has 0 fully saturated rings. The highest BCUT2D eigenvalue weighted by atomic mass is 35.5. The van der Waals surface area contributed by atoms with Crippen molar-refractivity contribution in [2.75, 3.05) is 0 Å². The fourth-order valence-corrected chi connectivity index (χ4v) is 3.67. The normalized spacial score (nSPS) is 11.0. The van der Waals surface area contributed by atoms with Crippen LogP contribution in [-0.2, 0) is 19.4 Å². The van der Waals surface area contributed by atoms with Crippen molar-refractivity contribution in [3.05, 3.63) is 77.2 Å². The number of fused-ring (bicyclic) bond motifs is 1. The highest BCUT2D eigenvalue weighted by molar-refractivity contribution is 7.98. The molecule has 27 heavy (non-hydrogen) atoms. The van der Waals surface area contributed by atoms with Gasteiger partial charge in [0.1, 0.15) is 17.9 Å². The Hall–Kier alpha value is -2.57. The molecule has 5 nitrogen and oxygen atoms in total. The van der Waals surface area contributed by atoms with Crippen LogP contribution in [0, 0.1) is 0 Å². The summed E-state index contributed by atoms with van der Waals surface area (Å²) < 4.78 is 7.92. The Balaban J connectivity index is 1.43. The van der Waals surface area contributed by atoms with Crippen molar-refractivity contribution in [1.82, 2.24) is 19.7 Å². The molecular formula is C20H17ClN4OS. The summed E-state index contributed by atoms with van der Waals surface area (Å²) in [5.74, 6) is 2.31. The van der Waals surface area contributed by atoms with Gasteiger partial charge in [-0.15, -0.1) is 10.2 Å². The lowest BCUT2D eigenvalue weighted by Crippen LogP contribution is -2.04. The standard InChI is InChI=1S/C20H17ClN4OS/c1-25-18(12-26-17-6-2-4-15-5-3-11-22-19(15)17)23-24-20(25)27-13-14-7-9-16(21)10-8-14/h2-11H,12-13H2,1H3. The Bertz CT molecular complexity index is 1060. The van der Waals surface area contributed by atoms with E-state index in [0.717, 1.165) is 38.4 Å². The number of hydrogen-bond acceptors (Lipinski definition) is 5. The SMILES string of the molecule is Cn1c(COc2cccc3cccnc23)nnc1SCc1ccc(Cl)cc1. The number of para-hydroxylation sites is 1. The Morgan fingerprint density at radius 3 is 2.70 bits per heavy atom. The van der Waals surface area contributed by atoms with E-state index in [4.69, 9.17) is 16.3 Å². The van der Waals surface area contributed by atoms with Gasteiger partial charge in [0.05, 0.1) is 0 Å². The van der Waals surface area contributed by atoms with Crippen molar-refractivity contribution in [2.45, 2.75) is 17.5 Å². The van der Waals surface area contributed by atoms with Gasteiger partial charge in [-0.25, -0.2) is 0 Å². The van der Waals surface area contributed by atoms with E-state index in [1.165, 1.54) is 5.56 Å². The minimum Gasteiger partial charge on any atom is -0.483 e. The number of ether oxygens (including phenoxy) is 1. The molecular weight excluding hydrogens is 380 g/mol. The molecule has 0 aliphatic carbocycles. The molecule has 0 spiro atoms. The number of halogens is 1. The smallest absolute Gasteiger partial charge is 0.191 e. The number of rotatable bonds is 6. The van der Waals surface area contributed by atoms with Gasteiger partial charge < -0.3 is 9.30 Å². The van der Waals surface area contributed by atoms with E-state index in [1.54, 1.807) is 18.0 Å². The van der Waals surface area contributed by atoms with Crippen molar-refractivity contribution >= 4 is 34.3 Å². The molecule has 0 saturated heterocycles. The summed E-state index contributed by atoms with van der Waals surface area (Å²) in [7, 11) is 1.95. The maximum absolute atomic E-state index is 5.97. The van der Waals surface area contributed by atoms with E-state index in [1.807, 2.05) is 66.2 Å². The van der Waals surface area contributed by atoms with Crippen molar-refractivity contribution in [3.8, 4) is 5.75 Å². The highest BCUT2D eigenvalue weighted by Gasteiger charge is 2.11. The monoisotopic (exact) mass is 396 g/mol. The third-order valence-electron chi connectivity index (χ3n) is 4.16. The maximum atomic E-state index is 5.97. The number of hydrogen-bond donors (Lipinski definition) is 0. The minimum atomic E-state index is 0.334. The molecule has 4 rings (SSSR count). The van der Waals surface area contributed by atoms with Crippen molar-refractivity contribution in [3.63, 3.8) is 0 Å². The lowest BCUT2D eigenvalue weighted by atomic mass is 10.2. The molecule has 136 valence electrons. The van der Waals surface area contributed by atoms with Crippen LogP contribution < -0.4 is 4.74 Å². The molecule has 0 saturated carbocycles. The molecule has 2 aromatic carbocycles. The van der Waals surface area contributed by atoms with Crippen LogP contribution in [0.1, 0.15) is 11.4 Å². The van der Waals surface area contributed by atoms with Crippen LogP contribution in [0.15, 0.2) is 66.0 Å². The summed E-state index contributed by atoms with van der Waals surface area (Å²) in [6.07, 6.45) is 1.77. The van der Waals surface area contributed by atoms with E-state index >= 15 is 0 Å². The summed E-state index contributed by atoms with van der Waals surface area (Å²) in [4.78, 5) is 4.41. The molecule has 0 atom stereocenters. The van der Waals surface area contributed by atoms with E-state index in [2.05, 4.69) is 15.2 Å². The lowest BCUT2D eigenvalue weighted by molar-refractivity contribution is 0.293. The minimum absolute atomic E-state index is 0.334. The first-order chi connectivity index (χ1) is 13.2. The molecule has 2 aromatic heterocycles. The van der Waals surface area contributed by atoms with Crippen LogP contribution in [0.2, 0.25) is 5.02 Å². The average molecular weight is 397 g/mol. The first-order valence-corrected chi connectivity index (χ1v) is 9.79. The summed E-state index contributed by atoms with van der Waals surface area (Å²) in [6, 6.07) is 17.7. The van der Waals surface area contributed by atoms with Crippen molar-refractivity contribution < 1.29 is 4.74 Å². The third kappa shape index (κ3) is 4.07. The molecule has 0 unspecified atom stereocenters. The topological polar surface area (TPSA) is 52.8 Å². The quantitative estimate of drug-likeness (QED) is 0.434. The predicted octanol–water partition coefficient (Wildman–Crippen LogP) is 4.89. The maximum Gasteiger partial charge on any atom is 0.191 e. The summed E-state index contributed by atoms with van der Waals surface area (Å²) >= 11 is 7.56. The van der Waals surface area contributed by atoms with Crippen LogP contribution in [-0.4, -0.2) is 19.7 Å². The van der Waals surface area contributed by atoms with Gasteiger partial charge in [0.2, 0.25) is 0 Å². The van der Waals surface area contributed by atoms with E-state index in [-0.39, 0.29) is 0 Å². The van der Waals surface area contributed by atoms with Gasteiger partial charge in [-0.05, 0) is 29.8 Å². The van der Waals surface area contributed by atoms with Gasteiger partial charge in [-0.1, -0.05) is 53.7 Å². The second-order valence-corrected chi connectivity index (χ2v) is 7.37. The second-order valence-electron chi connectivity index (χ2n) is 5.99. The van der Waals surface area contributed by atoms with Gasteiger partial charge in [-0.2, -0.15) is 0 Å². The number of nitrogens with zero attached hydrogens (tertiary/aromatic N) is 4. The van der Waals surface area contributed by atoms with Crippen LogP contribution in [0.5, 0.6) is 5.75 Å². The van der Waals surface area contributed by atoms with E-state index in [9.17, 15) is 0 Å². The summed E-state index contributed by atoms with van der Waals surface area (Å²) in [5.41, 5.74) is 2.03. The van der Waals surface area contributed by atoms with Gasteiger partial charge in [0.15, 0.2) is 11.0 Å². The van der Waals surface area contributed by atoms with E-state index in [0.29, 0.717) is 6.61 Å². The zero-order valence-corrected chi connectivity index (χ0v) is 16.2. The molecule has 0 bridgehead atoms. The molecule has 0 amide bonds. The Kier molecular flexibility index (Phi) is 5.27. The number of thioether (sulfide) groups is 1. The third-order valence-corrected chi connectivity index (χ3v) is 5.50. The van der Waals surface area contributed by atoms with Crippen molar-refractivity contribution in [1.29, 1.82) is 0 Å². The van der Waals surface area contributed by atoms with Crippen LogP contribution in [0.25, 0.3) is 10.9 Å². The molecule has 7 heteroatoms. The first kappa shape index (κ1) is 17.8. The molecule has 4 aromatic rings. The van der Waals surface area contributed by atoms with Crippen molar-refractivity contribution in [2.24, 2.45) is 7.05 Å². The number of aromatic nitrogens is 4. The van der Waals surface area contributed by atoms with Gasteiger partial charge >= 0.3 is 0 Å². The van der Waals surface area contributed by atoms with E-state index < -0.39 is 0 Å². The van der Waals surface area contributed by atoms with Gasteiger partial charge in [0, 0.05) is 29.4 Å².